The Balaban J connectivity index is 1.59. The summed E-state index contributed by atoms with van der Waals surface area (Å²) in [5.74, 6) is -0.353. The van der Waals surface area contributed by atoms with Gasteiger partial charge in [-0.15, -0.1) is 0 Å². The number of ether oxygens (including phenoxy) is 1. The van der Waals surface area contributed by atoms with Crippen molar-refractivity contribution in [3.63, 3.8) is 0 Å². The number of halogens is 1. The van der Waals surface area contributed by atoms with Gasteiger partial charge in [0.05, 0.1) is 43.7 Å². The normalized spacial score (nSPS) is 16.2. The second-order valence-electron chi connectivity index (χ2n) is 6.48. The van der Waals surface area contributed by atoms with Gasteiger partial charge in [-0.25, -0.2) is 13.2 Å². The molecule has 1 aliphatic rings. The number of carbonyl (C=O) groups is 1. The van der Waals surface area contributed by atoms with Crippen molar-refractivity contribution in [3.05, 3.63) is 64.7 Å². The topological polar surface area (TPSA) is 68.1 Å². The Bertz CT molecular complexity index is 908. The number of piperazine rings is 1. The summed E-state index contributed by atoms with van der Waals surface area (Å²) in [7, 11) is -2.16. The Morgan fingerprint density at radius 3 is 2.41 bits per heavy atom. The van der Waals surface area contributed by atoms with Crippen LogP contribution >= 0.6 is 11.6 Å². The summed E-state index contributed by atoms with van der Waals surface area (Å²) in [6, 6.07) is 13.7. The number of hydrogen-bond acceptors (Lipinski definition) is 4. The van der Waals surface area contributed by atoms with Crippen LogP contribution in [0.1, 0.15) is 15.9 Å². The van der Waals surface area contributed by atoms with E-state index >= 15 is 0 Å². The molecule has 0 spiro atoms. The molecule has 0 bridgehead atoms. The molecule has 0 radical (unpaired) electrons. The number of quaternary nitrogens is 1. The molecule has 1 N–H and O–H groups in total. The number of rotatable bonds is 5. The molecule has 0 amide bonds. The van der Waals surface area contributed by atoms with E-state index in [1.165, 1.54) is 22.4 Å². The second-order valence-corrected chi connectivity index (χ2v) is 8.85. The summed E-state index contributed by atoms with van der Waals surface area (Å²) in [5.41, 5.74) is 1.62. The standard InChI is InChI=1S/C19H21ClN2O4S/c1-26-19(23)16-7-5-15(6-8-16)14-21-9-11-22(12-10-21)27(24,25)18-4-2-3-17(20)13-18/h2-8,13H,9-12,14H2,1H3/p+1. The van der Waals surface area contributed by atoms with E-state index in [4.69, 9.17) is 16.3 Å². The molecular formula is C19H22ClN2O4S+. The molecule has 6 nitrogen and oxygen atoms in total. The van der Waals surface area contributed by atoms with Crippen molar-refractivity contribution in [1.82, 2.24) is 4.31 Å². The highest BCUT2D eigenvalue weighted by Gasteiger charge is 2.30. The average Bonchev–Trinajstić information content (AvgIpc) is 2.68. The SMILES string of the molecule is COC(=O)c1ccc(C[NH+]2CCN(S(=O)(=O)c3cccc(Cl)c3)CC2)cc1. The first-order valence-electron chi connectivity index (χ1n) is 8.66. The summed E-state index contributed by atoms with van der Waals surface area (Å²) < 4.78 is 31.7. The number of esters is 1. The minimum atomic E-state index is -3.51. The minimum Gasteiger partial charge on any atom is -0.465 e. The van der Waals surface area contributed by atoms with E-state index in [0.29, 0.717) is 23.7 Å². The first kappa shape index (κ1) is 19.8. The van der Waals surface area contributed by atoms with Crippen LogP contribution in [0.2, 0.25) is 5.02 Å². The van der Waals surface area contributed by atoms with Crippen LogP contribution in [0, 0.1) is 0 Å². The highest BCUT2D eigenvalue weighted by atomic mass is 35.5. The smallest absolute Gasteiger partial charge is 0.337 e. The Hall–Kier alpha value is -1.93. The molecule has 1 fully saturated rings. The number of sulfonamides is 1. The van der Waals surface area contributed by atoms with Gasteiger partial charge in [-0.3, -0.25) is 0 Å². The number of methoxy groups -OCH3 is 1. The van der Waals surface area contributed by atoms with Gasteiger partial charge in [-0.1, -0.05) is 29.8 Å². The zero-order valence-corrected chi connectivity index (χ0v) is 16.6. The Morgan fingerprint density at radius 1 is 1.15 bits per heavy atom. The third-order valence-electron chi connectivity index (χ3n) is 4.69. The van der Waals surface area contributed by atoms with Crippen molar-refractivity contribution in [2.45, 2.75) is 11.4 Å². The summed E-state index contributed by atoms with van der Waals surface area (Å²) in [5, 5.41) is 0.413. The highest BCUT2D eigenvalue weighted by Crippen LogP contribution is 2.19. The number of benzene rings is 2. The van der Waals surface area contributed by atoms with Crippen LogP contribution < -0.4 is 4.90 Å². The zero-order chi connectivity index (χ0) is 19.4. The molecule has 0 aromatic heterocycles. The molecule has 3 rings (SSSR count). The van der Waals surface area contributed by atoms with Crippen LogP contribution in [-0.2, 0) is 21.3 Å². The number of nitrogens with zero attached hydrogens (tertiary/aromatic N) is 1. The Morgan fingerprint density at radius 2 is 1.81 bits per heavy atom. The first-order chi connectivity index (χ1) is 12.9. The van der Waals surface area contributed by atoms with Crippen molar-refractivity contribution in [2.75, 3.05) is 33.3 Å². The first-order valence-corrected chi connectivity index (χ1v) is 10.5. The molecule has 1 heterocycles. The number of carbonyl (C=O) groups excluding carboxylic acids is 1. The van der Waals surface area contributed by atoms with Crippen LogP contribution in [0.15, 0.2) is 53.4 Å². The van der Waals surface area contributed by atoms with E-state index in [1.807, 2.05) is 12.1 Å². The van der Waals surface area contributed by atoms with Gasteiger partial charge in [0.15, 0.2) is 0 Å². The third kappa shape index (κ3) is 4.68. The predicted molar refractivity (Wildman–Crippen MR) is 102 cm³/mol. The van der Waals surface area contributed by atoms with Gasteiger partial charge in [0.2, 0.25) is 10.0 Å². The maximum Gasteiger partial charge on any atom is 0.337 e. The highest BCUT2D eigenvalue weighted by molar-refractivity contribution is 7.89. The van der Waals surface area contributed by atoms with E-state index in [1.54, 1.807) is 30.3 Å². The maximum atomic E-state index is 12.7. The lowest BCUT2D eigenvalue weighted by Gasteiger charge is -2.31. The molecule has 0 saturated carbocycles. The lowest BCUT2D eigenvalue weighted by Crippen LogP contribution is -3.13. The molecule has 0 aliphatic carbocycles. The van der Waals surface area contributed by atoms with E-state index in [-0.39, 0.29) is 10.9 Å². The van der Waals surface area contributed by atoms with Crippen molar-refractivity contribution in [1.29, 1.82) is 0 Å². The van der Waals surface area contributed by atoms with E-state index in [2.05, 4.69) is 0 Å². The lowest BCUT2D eigenvalue weighted by atomic mass is 10.1. The van der Waals surface area contributed by atoms with Crippen LogP contribution in [0.5, 0.6) is 0 Å². The maximum absolute atomic E-state index is 12.7. The predicted octanol–water partition coefficient (Wildman–Crippen LogP) is 1.22. The lowest BCUT2D eigenvalue weighted by molar-refractivity contribution is -0.917. The van der Waals surface area contributed by atoms with Gasteiger partial charge in [0, 0.05) is 10.6 Å². The molecule has 1 saturated heterocycles. The molecule has 8 heteroatoms. The fourth-order valence-electron chi connectivity index (χ4n) is 3.16. The van der Waals surface area contributed by atoms with Gasteiger partial charge >= 0.3 is 5.97 Å². The molecular weight excluding hydrogens is 388 g/mol. The fraction of sp³-hybridized carbons (Fsp3) is 0.316. The second kappa shape index (κ2) is 8.39. The summed E-state index contributed by atoms with van der Waals surface area (Å²) in [6.07, 6.45) is 0. The molecule has 2 aromatic rings. The van der Waals surface area contributed by atoms with Crippen LogP contribution in [0.25, 0.3) is 0 Å². The minimum absolute atomic E-state index is 0.233. The van der Waals surface area contributed by atoms with E-state index < -0.39 is 10.0 Å². The average molecular weight is 410 g/mol. The quantitative estimate of drug-likeness (QED) is 0.754. The van der Waals surface area contributed by atoms with Gasteiger partial charge < -0.3 is 9.64 Å². The van der Waals surface area contributed by atoms with Gasteiger partial charge in [0.1, 0.15) is 6.54 Å². The molecule has 27 heavy (non-hydrogen) atoms. The third-order valence-corrected chi connectivity index (χ3v) is 6.82. The van der Waals surface area contributed by atoms with E-state index in [0.717, 1.165) is 25.2 Å². The monoisotopic (exact) mass is 409 g/mol. The van der Waals surface area contributed by atoms with Crippen molar-refractivity contribution in [2.24, 2.45) is 0 Å². The van der Waals surface area contributed by atoms with Crippen molar-refractivity contribution < 1.29 is 22.8 Å². The fourth-order valence-corrected chi connectivity index (χ4v) is 4.90. The van der Waals surface area contributed by atoms with Crippen LogP contribution in [0.4, 0.5) is 0 Å². The molecule has 0 unspecified atom stereocenters. The summed E-state index contributed by atoms with van der Waals surface area (Å²) in [4.78, 5) is 13.0. The van der Waals surface area contributed by atoms with Crippen molar-refractivity contribution >= 4 is 27.6 Å². The number of nitrogens with one attached hydrogen (secondary N) is 1. The largest absolute Gasteiger partial charge is 0.465 e. The molecule has 2 aromatic carbocycles. The van der Waals surface area contributed by atoms with Gasteiger partial charge in [0.25, 0.3) is 0 Å². The summed E-state index contributed by atoms with van der Waals surface area (Å²) in [6.45, 7) is 3.15. The Labute approximate surface area is 164 Å². The molecule has 144 valence electrons. The van der Waals surface area contributed by atoms with Crippen LogP contribution in [-0.4, -0.2) is 52.0 Å². The van der Waals surface area contributed by atoms with E-state index in [9.17, 15) is 13.2 Å². The van der Waals surface area contributed by atoms with Gasteiger partial charge in [-0.05, 0) is 30.3 Å². The zero-order valence-electron chi connectivity index (χ0n) is 15.0. The van der Waals surface area contributed by atoms with Crippen LogP contribution in [0.3, 0.4) is 0 Å². The number of hydrogen-bond donors (Lipinski definition) is 1. The van der Waals surface area contributed by atoms with Crippen molar-refractivity contribution in [3.8, 4) is 0 Å². The Kier molecular flexibility index (Phi) is 6.16. The van der Waals surface area contributed by atoms with Gasteiger partial charge in [-0.2, -0.15) is 4.31 Å². The molecule has 0 atom stereocenters. The molecule has 1 aliphatic heterocycles. The summed E-state index contributed by atoms with van der Waals surface area (Å²) >= 11 is 5.93.